The van der Waals surface area contributed by atoms with Crippen molar-refractivity contribution in [2.24, 2.45) is 5.73 Å². The zero-order valence-corrected chi connectivity index (χ0v) is 15.9. The van der Waals surface area contributed by atoms with Gasteiger partial charge in [0.05, 0.1) is 5.52 Å². The Balaban J connectivity index is 1.60. The number of rotatable bonds is 7. The van der Waals surface area contributed by atoms with E-state index in [1.54, 1.807) is 0 Å². The van der Waals surface area contributed by atoms with E-state index in [4.69, 9.17) is 11.5 Å². The highest BCUT2D eigenvalue weighted by atomic mass is 15.0. The molecule has 3 aromatic carbocycles. The first-order chi connectivity index (χ1) is 13.8. The van der Waals surface area contributed by atoms with E-state index in [2.05, 4.69) is 82.8 Å². The summed E-state index contributed by atoms with van der Waals surface area (Å²) in [7, 11) is 0. The Morgan fingerprint density at radius 2 is 1.68 bits per heavy atom. The first-order valence-electron chi connectivity index (χ1n) is 9.67. The van der Waals surface area contributed by atoms with Crippen LogP contribution in [0.1, 0.15) is 11.1 Å². The molecule has 0 unspecified atom stereocenters. The number of nitrogens with one attached hydrogen (secondary N) is 1. The molecule has 0 aliphatic carbocycles. The molecule has 0 saturated carbocycles. The van der Waals surface area contributed by atoms with Crippen LogP contribution < -0.4 is 16.8 Å². The van der Waals surface area contributed by atoms with Crippen LogP contribution in [0.4, 0.5) is 5.69 Å². The van der Waals surface area contributed by atoms with Crippen molar-refractivity contribution in [3.8, 4) is 11.1 Å². The van der Waals surface area contributed by atoms with E-state index in [9.17, 15) is 0 Å². The van der Waals surface area contributed by atoms with Gasteiger partial charge < -0.3 is 21.4 Å². The number of nitrogens with two attached hydrogens (primary N) is 2. The Morgan fingerprint density at radius 1 is 0.857 bits per heavy atom. The van der Waals surface area contributed by atoms with Gasteiger partial charge in [-0.05, 0) is 40.5 Å². The lowest BCUT2D eigenvalue weighted by Gasteiger charge is -2.11. The molecular weight excluding hydrogens is 344 g/mol. The standard InChI is InChI=1S/C24H26N4/c25-12-13-27-16-21-9-10-23-22(24(21)26)11-14-28(23)17-18-5-4-8-20(15-18)19-6-2-1-3-7-19/h1-11,14-15,27H,12-13,16-17,25-26H2. The first kappa shape index (κ1) is 18.3. The smallest absolute Gasteiger partial charge is 0.0504 e. The highest BCUT2D eigenvalue weighted by molar-refractivity contribution is 5.93. The van der Waals surface area contributed by atoms with Gasteiger partial charge in [0, 0.05) is 43.4 Å². The summed E-state index contributed by atoms with van der Waals surface area (Å²) in [6, 6.07) is 25.6. The third-order valence-corrected chi connectivity index (χ3v) is 5.11. The summed E-state index contributed by atoms with van der Waals surface area (Å²) in [6.07, 6.45) is 2.12. The zero-order valence-electron chi connectivity index (χ0n) is 15.9. The van der Waals surface area contributed by atoms with E-state index in [1.807, 2.05) is 6.07 Å². The number of aromatic nitrogens is 1. The number of nitrogen functional groups attached to an aromatic ring is 1. The summed E-state index contributed by atoms with van der Waals surface area (Å²) in [5, 5.41) is 4.42. The zero-order chi connectivity index (χ0) is 19.3. The second kappa shape index (κ2) is 8.30. The van der Waals surface area contributed by atoms with Gasteiger partial charge in [0.25, 0.3) is 0 Å². The highest BCUT2D eigenvalue weighted by Crippen LogP contribution is 2.27. The lowest BCUT2D eigenvalue weighted by atomic mass is 10.0. The summed E-state index contributed by atoms with van der Waals surface area (Å²) in [4.78, 5) is 0. The maximum Gasteiger partial charge on any atom is 0.0504 e. The average molecular weight is 371 g/mol. The van der Waals surface area contributed by atoms with Gasteiger partial charge in [-0.15, -0.1) is 0 Å². The minimum Gasteiger partial charge on any atom is -0.398 e. The molecule has 1 heterocycles. The molecule has 0 bridgehead atoms. The van der Waals surface area contributed by atoms with Crippen LogP contribution in [0.2, 0.25) is 0 Å². The molecule has 1 aromatic heterocycles. The van der Waals surface area contributed by atoms with Crippen molar-refractivity contribution >= 4 is 16.6 Å². The van der Waals surface area contributed by atoms with Crippen LogP contribution in [0, 0.1) is 0 Å². The lowest BCUT2D eigenvalue weighted by molar-refractivity contribution is 0.696. The van der Waals surface area contributed by atoms with Crippen LogP contribution in [-0.2, 0) is 13.1 Å². The Kier molecular flexibility index (Phi) is 5.42. The Morgan fingerprint density at radius 3 is 2.50 bits per heavy atom. The molecule has 0 spiro atoms. The van der Waals surface area contributed by atoms with Crippen LogP contribution in [0.5, 0.6) is 0 Å². The molecule has 0 radical (unpaired) electrons. The SMILES string of the molecule is NCCNCc1ccc2c(ccn2Cc2cccc(-c3ccccc3)c2)c1N. The first-order valence-corrected chi connectivity index (χ1v) is 9.67. The van der Waals surface area contributed by atoms with Crippen molar-refractivity contribution in [1.29, 1.82) is 0 Å². The van der Waals surface area contributed by atoms with Gasteiger partial charge in [0.1, 0.15) is 0 Å². The highest BCUT2D eigenvalue weighted by Gasteiger charge is 2.09. The topological polar surface area (TPSA) is 69.0 Å². The van der Waals surface area contributed by atoms with E-state index in [-0.39, 0.29) is 0 Å². The van der Waals surface area contributed by atoms with Crippen molar-refractivity contribution in [3.63, 3.8) is 0 Å². The fourth-order valence-electron chi connectivity index (χ4n) is 3.63. The van der Waals surface area contributed by atoms with Gasteiger partial charge in [-0.2, -0.15) is 0 Å². The van der Waals surface area contributed by atoms with Gasteiger partial charge in [0.15, 0.2) is 0 Å². The van der Waals surface area contributed by atoms with Crippen LogP contribution in [-0.4, -0.2) is 17.7 Å². The predicted molar refractivity (Wildman–Crippen MR) is 118 cm³/mol. The molecule has 4 heteroatoms. The minimum absolute atomic E-state index is 0.626. The second-order valence-electron chi connectivity index (χ2n) is 7.05. The molecule has 28 heavy (non-hydrogen) atoms. The number of benzene rings is 3. The molecular formula is C24H26N4. The monoisotopic (exact) mass is 370 g/mol. The average Bonchev–Trinajstić information content (AvgIpc) is 3.14. The molecule has 4 rings (SSSR count). The number of hydrogen-bond acceptors (Lipinski definition) is 3. The van der Waals surface area contributed by atoms with E-state index in [0.717, 1.165) is 41.8 Å². The van der Waals surface area contributed by atoms with E-state index in [1.165, 1.54) is 16.7 Å². The predicted octanol–water partition coefficient (Wildman–Crippen LogP) is 3.99. The maximum atomic E-state index is 6.42. The number of fused-ring (bicyclic) bond motifs is 1. The molecule has 0 aliphatic rings. The fourth-order valence-corrected chi connectivity index (χ4v) is 3.63. The molecule has 0 atom stereocenters. The van der Waals surface area contributed by atoms with Crippen molar-refractivity contribution in [1.82, 2.24) is 9.88 Å². The van der Waals surface area contributed by atoms with Crippen molar-refractivity contribution in [3.05, 3.63) is 90.1 Å². The van der Waals surface area contributed by atoms with E-state index < -0.39 is 0 Å². The van der Waals surface area contributed by atoms with Gasteiger partial charge in [0.2, 0.25) is 0 Å². The molecule has 142 valence electrons. The number of nitrogens with zero attached hydrogens (tertiary/aromatic N) is 1. The van der Waals surface area contributed by atoms with Crippen molar-refractivity contribution in [2.75, 3.05) is 18.8 Å². The Bertz CT molecular complexity index is 1070. The van der Waals surface area contributed by atoms with Crippen LogP contribution in [0.3, 0.4) is 0 Å². The van der Waals surface area contributed by atoms with Gasteiger partial charge in [-0.3, -0.25) is 0 Å². The summed E-state index contributed by atoms with van der Waals surface area (Å²) in [6.45, 7) is 2.97. The third kappa shape index (κ3) is 3.79. The van der Waals surface area contributed by atoms with Gasteiger partial charge in [-0.25, -0.2) is 0 Å². The van der Waals surface area contributed by atoms with Crippen molar-refractivity contribution in [2.45, 2.75) is 13.1 Å². The minimum atomic E-state index is 0.626. The van der Waals surface area contributed by atoms with Crippen molar-refractivity contribution < 1.29 is 0 Å². The molecule has 0 saturated heterocycles. The Labute approximate surface area is 165 Å². The largest absolute Gasteiger partial charge is 0.398 e. The normalized spacial score (nSPS) is 11.2. The molecule has 0 aliphatic heterocycles. The molecule has 5 N–H and O–H groups in total. The second-order valence-corrected chi connectivity index (χ2v) is 7.05. The number of hydrogen-bond donors (Lipinski definition) is 3. The quantitative estimate of drug-likeness (QED) is 0.340. The maximum absolute atomic E-state index is 6.42. The Hall–Kier alpha value is -3.08. The van der Waals surface area contributed by atoms with Crippen LogP contribution >= 0.6 is 0 Å². The summed E-state index contributed by atoms with van der Waals surface area (Å²) in [5.41, 5.74) is 18.8. The third-order valence-electron chi connectivity index (χ3n) is 5.11. The summed E-state index contributed by atoms with van der Waals surface area (Å²) >= 11 is 0. The summed E-state index contributed by atoms with van der Waals surface area (Å²) < 4.78 is 2.26. The molecule has 0 fully saturated rings. The number of anilines is 1. The molecule has 4 aromatic rings. The van der Waals surface area contributed by atoms with Gasteiger partial charge in [-0.1, -0.05) is 54.6 Å². The van der Waals surface area contributed by atoms with Crippen LogP contribution in [0.25, 0.3) is 22.0 Å². The van der Waals surface area contributed by atoms with Crippen LogP contribution in [0.15, 0.2) is 79.0 Å². The van der Waals surface area contributed by atoms with E-state index >= 15 is 0 Å². The lowest BCUT2D eigenvalue weighted by Crippen LogP contribution is -2.22. The van der Waals surface area contributed by atoms with Gasteiger partial charge >= 0.3 is 0 Å². The molecule has 4 nitrogen and oxygen atoms in total. The summed E-state index contributed by atoms with van der Waals surface area (Å²) in [5.74, 6) is 0. The fraction of sp³-hybridized carbons (Fsp3) is 0.167. The molecule has 0 amide bonds. The van der Waals surface area contributed by atoms with E-state index in [0.29, 0.717) is 6.54 Å².